The molecule has 0 spiro atoms. The van der Waals surface area contributed by atoms with Crippen molar-refractivity contribution in [3.8, 4) is 5.69 Å². The fourth-order valence-electron chi connectivity index (χ4n) is 2.26. The van der Waals surface area contributed by atoms with E-state index in [9.17, 15) is 0 Å². The normalized spacial score (nSPS) is 12.2. The van der Waals surface area contributed by atoms with Crippen LogP contribution in [0.4, 0.5) is 0 Å². The molecular weight excluding hydrogens is 260 g/mol. The van der Waals surface area contributed by atoms with Crippen molar-refractivity contribution in [1.29, 1.82) is 0 Å². The van der Waals surface area contributed by atoms with Crippen molar-refractivity contribution in [2.24, 2.45) is 0 Å². The molecule has 0 bridgehead atoms. The lowest BCUT2D eigenvalue weighted by Crippen LogP contribution is -2.22. The van der Waals surface area contributed by atoms with Crippen molar-refractivity contribution in [3.05, 3.63) is 54.9 Å². The van der Waals surface area contributed by atoms with E-state index in [4.69, 9.17) is 0 Å². The lowest BCUT2D eigenvalue weighted by molar-refractivity contribution is 0.473. The van der Waals surface area contributed by atoms with E-state index in [1.807, 2.05) is 42.6 Å². The number of nitrogens with zero attached hydrogens (tertiary/aromatic N) is 3. The number of hydrogen-bond donors (Lipinski definition) is 1. The van der Waals surface area contributed by atoms with Gasteiger partial charge in [0, 0.05) is 0 Å². The first-order chi connectivity index (χ1) is 10.3. The molecule has 0 saturated heterocycles. The van der Waals surface area contributed by atoms with E-state index < -0.39 is 0 Å². The van der Waals surface area contributed by atoms with E-state index in [0.717, 1.165) is 43.6 Å². The Labute approximate surface area is 126 Å². The van der Waals surface area contributed by atoms with Crippen molar-refractivity contribution in [2.45, 2.75) is 38.6 Å². The summed E-state index contributed by atoms with van der Waals surface area (Å²) in [6.07, 6.45) is 8.16. The summed E-state index contributed by atoms with van der Waals surface area (Å²) in [5, 5.41) is 12.6. The highest BCUT2D eigenvalue weighted by Crippen LogP contribution is 2.18. The van der Waals surface area contributed by atoms with Gasteiger partial charge in [0.25, 0.3) is 0 Å². The second-order valence-corrected chi connectivity index (χ2v) is 5.12. The first-order valence-electron chi connectivity index (χ1n) is 7.67. The number of unbranched alkanes of at least 4 members (excludes halogenated alkanes) is 1. The quantitative estimate of drug-likeness (QED) is 0.564. The maximum absolute atomic E-state index is 4.63. The Hall–Kier alpha value is -1.94. The van der Waals surface area contributed by atoms with Gasteiger partial charge < -0.3 is 5.32 Å². The molecule has 112 valence electrons. The molecule has 4 nitrogen and oxygen atoms in total. The van der Waals surface area contributed by atoms with Crippen molar-refractivity contribution < 1.29 is 0 Å². The molecule has 1 aromatic heterocycles. The molecule has 1 unspecified atom stereocenters. The SMILES string of the molecule is C=CCCCC(NCCC)c1cnn(-c2ccccc2)n1. The Bertz CT molecular complexity index is 533. The first-order valence-corrected chi connectivity index (χ1v) is 7.67. The van der Waals surface area contributed by atoms with E-state index in [1.165, 1.54) is 0 Å². The lowest BCUT2D eigenvalue weighted by atomic mass is 10.1. The summed E-state index contributed by atoms with van der Waals surface area (Å²) in [5.41, 5.74) is 2.00. The number of aromatic nitrogens is 3. The van der Waals surface area contributed by atoms with Crippen LogP contribution < -0.4 is 5.32 Å². The molecule has 0 radical (unpaired) electrons. The van der Waals surface area contributed by atoms with Gasteiger partial charge in [0.2, 0.25) is 0 Å². The molecule has 21 heavy (non-hydrogen) atoms. The summed E-state index contributed by atoms with van der Waals surface area (Å²) in [6.45, 7) is 6.96. The van der Waals surface area contributed by atoms with Gasteiger partial charge in [-0.05, 0) is 44.4 Å². The van der Waals surface area contributed by atoms with Gasteiger partial charge in [0.15, 0.2) is 0 Å². The number of benzene rings is 1. The smallest absolute Gasteiger partial charge is 0.100 e. The van der Waals surface area contributed by atoms with Gasteiger partial charge in [-0.2, -0.15) is 15.0 Å². The Morgan fingerprint density at radius 3 is 2.86 bits per heavy atom. The molecule has 2 rings (SSSR count). The minimum absolute atomic E-state index is 0.266. The third-order valence-electron chi connectivity index (χ3n) is 3.40. The molecule has 0 fully saturated rings. The van der Waals surface area contributed by atoms with Gasteiger partial charge in [0.05, 0.1) is 17.9 Å². The van der Waals surface area contributed by atoms with Gasteiger partial charge in [-0.3, -0.25) is 0 Å². The zero-order chi connectivity index (χ0) is 14.9. The minimum atomic E-state index is 0.266. The van der Waals surface area contributed by atoms with Crippen LogP contribution in [-0.2, 0) is 0 Å². The van der Waals surface area contributed by atoms with Crippen LogP contribution in [0.15, 0.2) is 49.2 Å². The molecule has 1 heterocycles. The molecule has 0 aliphatic carbocycles. The van der Waals surface area contributed by atoms with Crippen LogP contribution in [0.25, 0.3) is 5.69 Å². The average molecular weight is 284 g/mol. The molecule has 4 heteroatoms. The molecule has 1 atom stereocenters. The van der Waals surface area contributed by atoms with Gasteiger partial charge in [-0.1, -0.05) is 31.2 Å². The van der Waals surface area contributed by atoms with Gasteiger partial charge in [-0.25, -0.2) is 0 Å². The monoisotopic (exact) mass is 284 g/mol. The Morgan fingerprint density at radius 2 is 2.14 bits per heavy atom. The molecule has 1 N–H and O–H groups in total. The minimum Gasteiger partial charge on any atom is -0.309 e. The van der Waals surface area contributed by atoms with Gasteiger partial charge >= 0.3 is 0 Å². The summed E-state index contributed by atoms with van der Waals surface area (Å²) in [6, 6.07) is 10.3. The Balaban J connectivity index is 2.08. The Kier molecular flexibility index (Phi) is 6.16. The van der Waals surface area contributed by atoms with Crippen molar-refractivity contribution in [2.75, 3.05) is 6.54 Å². The van der Waals surface area contributed by atoms with E-state index in [2.05, 4.69) is 29.0 Å². The summed E-state index contributed by atoms with van der Waals surface area (Å²) in [7, 11) is 0. The molecule has 0 saturated carbocycles. The van der Waals surface area contributed by atoms with Crippen LogP contribution in [0.3, 0.4) is 0 Å². The summed E-state index contributed by atoms with van der Waals surface area (Å²) in [5.74, 6) is 0. The topological polar surface area (TPSA) is 42.7 Å². The van der Waals surface area contributed by atoms with E-state index in [0.29, 0.717) is 0 Å². The highest BCUT2D eigenvalue weighted by molar-refractivity contribution is 5.28. The van der Waals surface area contributed by atoms with E-state index in [-0.39, 0.29) is 6.04 Å². The maximum Gasteiger partial charge on any atom is 0.100 e. The number of allylic oxidation sites excluding steroid dienone is 1. The summed E-state index contributed by atoms with van der Waals surface area (Å²) >= 11 is 0. The molecule has 0 amide bonds. The largest absolute Gasteiger partial charge is 0.309 e. The van der Waals surface area contributed by atoms with Crippen molar-refractivity contribution >= 4 is 0 Å². The lowest BCUT2D eigenvalue weighted by Gasteiger charge is -2.15. The first kappa shape index (κ1) is 15.4. The van der Waals surface area contributed by atoms with E-state index in [1.54, 1.807) is 4.80 Å². The average Bonchev–Trinajstić information content (AvgIpc) is 3.01. The molecule has 1 aromatic carbocycles. The summed E-state index contributed by atoms with van der Waals surface area (Å²) in [4.78, 5) is 1.70. The van der Waals surface area contributed by atoms with Crippen LogP contribution in [0, 0.1) is 0 Å². The number of nitrogens with one attached hydrogen (secondary N) is 1. The third-order valence-corrected chi connectivity index (χ3v) is 3.40. The maximum atomic E-state index is 4.63. The number of rotatable bonds is 9. The fraction of sp³-hybridized carbons (Fsp3) is 0.412. The molecule has 0 aliphatic heterocycles. The standard InChI is InChI=1S/C17H24N4/c1-3-5-7-12-16(18-13-4-2)17-14-19-21(20-17)15-10-8-6-9-11-15/h3,6,8-11,14,16,18H,1,4-5,7,12-13H2,2H3. The van der Waals surface area contributed by atoms with Crippen LogP contribution in [0.2, 0.25) is 0 Å². The predicted molar refractivity (Wildman–Crippen MR) is 86.4 cm³/mol. The van der Waals surface area contributed by atoms with Gasteiger partial charge in [0.1, 0.15) is 5.69 Å². The number of para-hydroxylation sites is 1. The third kappa shape index (κ3) is 4.53. The highest BCUT2D eigenvalue weighted by Gasteiger charge is 2.14. The van der Waals surface area contributed by atoms with Gasteiger partial charge in [-0.15, -0.1) is 6.58 Å². The fourth-order valence-corrected chi connectivity index (χ4v) is 2.26. The van der Waals surface area contributed by atoms with Crippen molar-refractivity contribution in [3.63, 3.8) is 0 Å². The molecular formula is C17H24N4. The zero-order valence-corrected chi connectivity index (χ0v) is 12.7. The summed E-state index contributed by atoms with van der Waals surface area (Å²) < 4.78 is 0. The van der Waals surface area contributed by atoms with Crippen molar-refractivity contribution in [1.82, 2.24) is 20.3 Å². The second kappa shape index (κ2) is 8.37. The van der Waals surface area contributed by atoms with E-state index >= 15 is 0 Å². The van der Waals surface area contributed by atoms with Crippen LogP contribution >= 0.6 is 0 Å². The van der Waals surface area contributed by atoms with Crippen LogP contribution in [0.5, 0.6) is 0 Å². The molecule has 2 aromatic rings. The molecule has 0 aliphatic rings. The predicted octanol–water partition coefficient (Wildman–Crippen LogP) is 3.66. The van der Waals surface area contributed by atoms with Crippen LogP contribution in [-0.4, -0.2) is 21.5 Å². The zero-order valence-electron chi connectivity index (χ0n) is 12.7. The van der Waals surface area contributed by atoms with Crippen LogP contribution in [0.1, 0.15) is 44.3 Å². The second-order valence-electron chi connectivity index (χ2n) is 5.12. The Morgan fingerprint density at radius 1 is 1.33 bits per heavy atom. The number of hydrogen-bond acceptors (Lipinski definition) is 3. The highest BCUT2D eigenvalue weighted by atomic mass is 15.5.